The van der Waals surface area contributed by atoms with E-state index in [-0.39, 0.29) is 43.7 Å². The standard InChI is InChI=1S/C22H34N2O4/c1-17(21(27)24(13-15-25)14-16-26)23-11-9-18(10-12-23)28-20-8-6-5-7-19(20)22(2,3)4/h5-8,18,25-26H,1,9-16H2,2-4H3. The lowest BCUT2D eigenvalue weighted by atomic mass is 9.86. The molecular weight excluding hydrogens is 356 g/mol. The maximum absolute atomic E-state index is 12.6. The molecule has 1 saturated heterocycles. The Morgan fingerprint density at radius 3 is 2.29 bits per heavy atom. The number of para-hydroxylation sites is 1. The second-order valence-corrected chi connectivity index (χ2v) is 8.24. The molecule has 0 spiro atoms. The summed E-state index contributed by atoms with van der Waals surface area (Å²) in [7, 11) is 0. The molecule has 1 aromatic carbocycles. The number of amides is 1. The smallest absolute Gasteiger partial charge is 0.269 e. The molecule has 0 aliphatic carbocycles. The molecule has 0 bridgehead atoms. The third kappa shape index (κ3) is 5.72. The van der Waals surface area contributed by atoms with E-state index in [0.29, 0.717) is 18.8 Å². The van der Waals surface area contributed by atoms with Crippen LogP contribution >= 0.6 is 0 Å². The monoisotopic (exact) mass is 390 g/mol. The number of carbonyl (C=O) groups is 1. The van der Waals surface area contributed by atoms with Gasteiger partial charge in [0.25, 0.3) is 5.91 Å². The van der Waals surface area contributed by atoms with Gasteiger partial charge in [0.1, 0.15) is 11.9 Å². The van der Waals surface area contributed by atoms with Gasteiger partial charge in [-0.1, -0.05) is 45.5 Å². The van der Waals surface area contributed by atoms with Crippen LogP contribution in [0.1, 0.15) is 39.2 Å². The Morgan fingerprint density at radius 2 is 1.75 bits per heavy atom. The highest BCUT2D eigenvalue weighted by molar-refractivity contribution is 5.92. The van der Waals surface area contributed by atoms with Gasteiger partial charge in [0.05, 0.1) is 18.9 Å². The minimum atomic E-state index is -0.236. The predicted octanol–water partition coefficient (Wildman–Crippen LogP) is 2.15. The van der Waals surface area contributed by atoms with Gasteiger partial charge in [0.2, 0.25) is 0 Å². The summed E-state index contributed by atoms with van der Waals surface area (Å²) in [5, 5.41) is 18.2. The second-order valence-electron chi connectivity index (χ2n) is 8.24. The molecular formula is C22H34N2O4. The number of ether oxygens (including phenoxy) is 1. The van der Waals surface area contributed by atoms with Crippen molar-refractivity contribution in [3.63, 3.8) is 0 Å². The molecule has 1 aromatic rings. The number of aliphatic hydroxyl groups is 2. The lowest BCUT2D eigenvalue weighted by Crippen LogP contribution is -2.44. The maximum atomic E-state index is 12.6. The van der Waals surface area contributed by atoms with Gasteiger partial charge in [-0.15, -0.1) is 0 Å². The third-order valence-electron chi connectivity index (χ3n) is 5.09. The van der Waals surface area contributed by atoms with Crippen LogP contribution in [0.3, 0.4) is 0 Å². The van der Waals surface area contributed by atoms with Gasteiger partial charge < -0.3 is 24.7 Å². The second kappa shape index (κ2) is 9.94. The topological polar surface area (TPSA) is 73.2 Å². The first-order valence-electron chi connectivity index (χ1n) is 9.99. The molecule has 0 radical (unpaired) electrons. The van der Waals surface area contributed by atoms with E-state index in [9.17, 15) is 4.79 Å². The third-order valence-corrected chi connectivity index (χ3v) is 5.09. The van der Waals surface area contributed by atoms with Crippen molar-refractivity contribution in [1.29, 1.82) is 0 Å². The van der Waals surface area contributed by atoms with Gasteiger partial charge in [0.15, 0.2) is 0 Å². The molecule has 0 saturated carbocycles. The maximum Gasteiger partial charge on any atom is 0.269 e. The Hall–Kier alpha value is -2.05. The summed E-state index contributed by atoms with van der Waals surface area (Å²) < 4.78 is 6.31. The van der Waals surface area contributed by atoms with Crippen molar-refractivity contribution >= 4 is 5.91 Å². The van der Waals surface area contributed by atoms with Gasteiger partial charge in [-0.3, -0.25) is 4.79 Å². The number of benzene rings is 1. The number of carbonyl (C=O) groups excluding carboxylic acids is 1. The zero-order chi connectivity index (χ0) is 20.7. The highest BCUT2D eigenvalue weighted by Crippen LogP contribution is 2.32. The SMILES string of the molecule is C=C(C(=O)N(CCO)CCO)N1CCC(Oc2ccccc2C(C)(C)C)CC1. The Balaban J connectivity index is 1.94. The van der Waals surface area contributed by atoms with Crippen molar-refractivity contribution in [2.24, 2.45) is 0 Å². The minimum absolute atomic E-state index is 0.0148. The van der Waals surface area contributed by atoms with Crippen LogP contribution in [0.15, 0.2) is 36.5 Å². The lowest BCUT2D eigenvalue weighted by Gasteiger charge is -2.36. The van der Waals surface area contributed by atoms with Crippen LogP contribution in [0.25, 0.3) is 0 Å². The molecule has 0 unspecified atom stereocenters. The number of hydrogen-bond acceptors (Lipinski definition) is 5. The van der Waals surface area contributed by atoms with E-state index in [4.69, 9.17) is 14.9 Å². The summed E-state index contributed by atoms with van der Waals surface area (Å²) in [6.45, 7) is 12.0. The van der Waals surface area contributed by atoms with Gasteiger partial charge in [-0.25, -0.2) is 0 Å². The Bertz CT molecular complexity index is 655. The summed E-state index contributed by atoms with van der Waals surface area (Å²) in [6, 6.07) is 8.17. The van der Waals surface area contributed by atoms with E-state index in [1.54, 1.807) is 0 Å². The first-order chi connectivity index (χ1) is 13.3. The molecule has 1 fully saturated rings. The van der Waals surface area contributed by atoms with E-state index in [2.05, 4.69) is 33.4 Å². The largest absolute Gasteiger partial charge is 0.490 e. The molecule has 2 N–H and O–H groups in total. The molecule has 1 aliphatic rings. The Kier molecular flexibility index (Phi) is 7.89. The predicted molar refractivity (Wildman–Crippen MR) is 110 cm³/mol. The summed E-state index contributed by atoms with van der Waals surface area (Å²) in [4.78, 5) is 16.0. The molecule has 0 atom stereocenters. The van der Waals surface area contributed by atoms with Crippen LogP contribution in [0, 0.1) is 0 Å². The molecule has 6 nitrogen and oxygen atoms in total. The average Bonchev–Trinajstić information content (AvgIpc) is 2.67. The first-order valence-corrected chi connectivity index (χ1v) is 9.99. The highest BCUT2D eigenvalue weighted by Gasteiger charge is 2.27. The molecule has 0 aromatic heterocycles. The number of rotatable bonds is 8. The number of aliphatic hydroxyl groups excluding tert-OH is 2. The van der Waals surface area contributed by atoms with Gasteiger partial charge >= 0.3 is 0 Å². The van der Waals surface area contributed by atoms with Crippen molar-refractivity contribution in [2.75, 3.05) is 39.4 Å². The van der Waals surface area contributed by atoms with Gasteiger partial charge in [-0.05, 0) is 17.0 Å². The normalized spacial score (nSPS) is 15.4. The van der Waals surface area contributed by atoms with E-state index in [1.807, 2.05) is 23.1 Å². The molecule has 6 heteroatoms. The van der Waals surface area contributed by atoms with E-state index < -0.39 is 0 Å². The first kappa shape index (κ1) is 22.2. The Labute approximate surface area is 168 Å². The number of hydrogen-bond donors (Lipinski definition) is 2. The summed E-state index contributed by atoms with van der Waals surface area (Å²) in [5.74, 6) is 0.695. The van der Waals surface area contributed by atoms with Crippen LogP contribution in [0.2, 0.25) is 0 Å². The van der Waals surface area contributed by atoms with Crippen LogP contribution in [0.4, 0.5) is 0 Å². The molecule has 2 rings (SSSR count). The zero-order valence-corrected chi connectivity index (χ0v) is 17.4. The lowest BCUT2D eigenvalue weighted by molar-refractivity contribution is -0.130. The van der Waals surface area contributed by atoms with Gasteiger partial charge in [0, 0.05) is 39.0 Å². The van der Waals surface area contributed by atoms with Crippen molar-refractivity contribution in [3.05, 3.63) is 42.1 Å². The van der Waals surface area contributed by atoms with Gasteiger partial charge in [-0.2, -0.15) is 0 Å². The van der Waals surface area contributed by atoms with Crippen LogP contribution in [-0.4, -0.2) is 71.4 Å². The average molecular weight is 391 g/mol. The molecule has 1 aliphatic heterocycles. The molecule has 1 heterocycles. The fourth-order valence-corrected chi connectivity index (χ4v) is 3.49. The fraction of sp³-hybridized carbons (Fsp3) is 0.591. The summed E-state index contributed by atoms with van der Waals surface area (Å²) in [6.07, 6.45) is 1.73. The fourth-order valence-electron chi connectivity index (χ4n) is 3.49. The number of likely N-dealkylation sites (tertiary alicyclic amines) is 1. The van der Waals surface area contributed by atoms with Crippen molar-refractivity contribution in [3.8, 4) is 5.75 Å². The van der Waals surface area contributed by atoms with Crippen molar-refractivity contribution < 1.29 is 19.7 Å². The molecule has 1 amide bonds. The van der Waals surface area contributed by atoms with E-state index in [1.165, 1.54) is 10.5 Å². The summed E-state index contributed by atoms with van der Waals surface area (Å²) >= 11 is 0. The van der Waals surface area contributed by atoms with Crippen LogP contribution < -0.4 is 4.74 Å². The molecule has 156 valence electrons. The van der Waals surface area contributed by atoms with Crippen molar-refractivity contribution in [2.45, 2.75) is 45.1 Å². The zero-order valence-electron chi connectivity index (χ0n) is 17.4. The van der Waals surface area contributed by atoms with E-state index >= 15 is 0 Å². The van der Waals surface area contributed by atoms with Crippen LogP contribution in [0.5, 0.6) is 5.75 Å². The number of nitrogens with zero attached hydrogens (tertiary/aromatic N) is 2. The number of piperidine rings is 1. The summed E-state index contributed by atoms with van der Waals surface area (Å²) in [5.41, 5.74) is 1.62. The van der Waals surface area contributed by atoms with E-state index in [0.717, 1.165) is 18.6 Å². The van der Waals surface area contributed by atoms with Crippen molar-refractivity contribution in [1.82, 2.24) is 9.80 Å². The highest BCUT2D eigenvalue weighted by atomic mass is 16.5. The minimum Gasteiger partial charge on any atom is -0.490 e. The van der Waals surface area contributed by atoms with Crippen LogP contribution in [-0.2, 0) is 10.2 Å². The Morgan fingerprint density at radius 1 is 1.18 bits per heavy atom. The quantitative estimate of drug-likeness (QED) is 0.666. The molecule has 28 heavy (non-hydrogen) atoms.